The molecule has 1 aliphatic rings. The highest BCUT2D eigenvalue weighted by molar-refractivity contribution is 5.96. The summed E-state index contributed by atoms with van der Waals surface area (Å²) in [5, 5.41) is 10.2. The molecule has 0 spiro atoms. The van der Waals surface area contributed by atoms with Crippen molar-refractivity contribution in [2.24, 2.45) is 0 Å². The molecule has 1 saturated heterocycles. The number of alkyl halides is 4. The number of nitrogens with one attached hydrogen (secondary N) is 2. The lowest BCUT2D eigenvalue weighted by molar-refractivity contribution is -0.139. The molecule has 2 N–H and O–H groups in total. The maximum absolute atomic E-state index is 14.7. The quantitative estimate of drug-likeness (QED) is 0.275. The Hall–Kier alpha value is -3.98. The SMILES string of the molecule is COCCn1cnc(C(=O)NCc2nc(-c3cc4c(N[C@@H]5CCN(C)C[C@@H]5F)cccc4n3CC(F)(F)F)no2)c1. The average molecular weight is 579 g/mol. The maximum Gasteiger partial charge on any atom is 0.406 e. The van der Waals surface area contributed by atoms with Crippen molar-refractivity contribution in [1.29, 1.82) is 0 Å². The number of anilines is 1. The van der Waals surface area contributed by atoms with Crippen molar-refractivity contribution >= 4 is 22.5 Å². The van der Waals surface area contributed by atoms with Crippen LogP contribution in [0, 0.1) is 0 Å². The first-order valence-electron chi connectivity index (χ1n) is 13.0. The standard InChI is InChI=1S/C26H30F4N8O3/c1-36-7-6-19(17(27)12-36)33-18-4-3-5-21-16(18)10-22(38(21)14-26(28,29)30)24-34-23(41-35-24)11-31-25(39)20-13-37(15-32-20)8-9-40-2/h3-5,10,13,15,17,19,33H,6-9,11-12,14H2,1-2H3,(H,31,39)/t17-,19+/m0/s1. The van der Waals surface area contributed by atoms with Gasteiger partial charge in [-0.05, 0) is 31.7 Å². The third-order valence-corrected chi connectivity index (χ3v) is 6.89. The third kappa shape index (κ3) is 6.68. The summed E-state index contributed by atoms with van der Waals surface area (Å²) in [5.41, 5.74) is 1.05. The minimum Gasteiger partial charge on any atom is -0.383 e. The maximum atomic E-state index is 14.7. The van der Waals surface area contributed by atoms with Crippen LogP contribution in [0.5, 0.6) is 0 Å². The monoisotopic (exact) mass is 578 g/mol. The number of hydrogen-bond acceptors (Lipinski definition) is 8. The van der Waals surface area contributed by atoms with E-state index in [1.165, 1.54) is 12.4 Å². The Morgan fingerprint density at radius 3 is 2.88 bits per heavy atom. The van der Waals surface area contributed by atoms with Gasteiger partial charge in [-0.15, -0.1) is 0 Å². The molecule has 0 aliphatic carbocycles. The predicted molar refractivity (Wildman–Crippen MR) is 141 cm³/mol. The van der Waals surface area contributed by atoms with Crippen LogP contribution < -0.4 is 10.6 Å². The van der Waals surface area contributed by atoms with E-state index in [1.54, 1.807) is 36.1 Å². The van der Waals surface area contributed by atoms with Crippen LogP contribution in [0.1, 0.15) is 22.8 Å². The Morgan fingerprint density at radius 1 is 1.29 bits per heavy atom. The predicted octanol–water partition coefficient (Wildman–Crippen LogP) is 3.48. The number of methoxy groups -OCH3 is 1. The Bertz CT molecular complexity index is 1500. The molecule has 220 valence electrons. The lowest BCUT2D eigenvalue weighted by Crippen LogP contribution is -2.46. The van der Waals surface area contributed by atoms with E-state index < -0.39 is 30.8 Å². The lowest BCUT2D eigenvalue weighted by atomic mass is 10.0. The summed E-state index contributed by atoms with van der Waals surface area (Å²) < 4.78 is 68.6. The van der Waals surface area contributed by atoms with Gasteiger partial charge < -0.3 is 33.9 Å². The fraction of sp³-hybridized carbons (Fsp3) is 0.462. The van der Waals surface area contributed by atoms with Crippen molar-refractivity contribution in [3.8, 4) is 11.5 Å². The van der Waals surface area contributed by atoms with Crippen LogP contribution in [0.3, 0.4) is 0 Å². The highest BCUT2D eigenvalue weighted by Gasteiger charge is 2.32. The first kappa shape index (κ1) is 28.5. The molecule has 0 bridgehead atoms. The number of aromatic nitrogens is 5. The molecule has 3 aromatic heterocycles. The zero-order valence-electron chi connectivity index (χ0n) is 22.5. The van der Waals surface area contributed by atoms with E-state index in [2.05, 4.69) is 25.8 Å². The van der Waals surface area contributed by atoms with Gasteiger partial charge in [0.2, 0.25) is 11.7 Å². The normalized spacial score (nSPS) is 18.2. The van der Waals surface area contributed by atoms with E-state index in [1.807, 2.05) is 11.9 Å². The number of fused-ring (bicyclic) bond motifs is 1. The summed E-state index contributed by atoms with van der Waals surface area (Å²) in [5.74, 6) is -0.559. The molecule has 1 aromatic carbocycles. The van der Waals surface area contributed by atoms with Gasteiger partial charge in [-0.25, -0.2) is 9.37 Å². The van der Waals surface area contributed by atoms with Gasteiger partial charge in [0.25, 0.3) is 5.91 Å². The number of ether oxygens (including phenoxy) is 1. The minimum absolute atomic E-state index is 0.000857. The number of nitrogens with zero attached hydrogens (tertiary/aromatic N) is 6. The van der Waals surface area contributed by atoms with E-state index >= 15 is 0 Å². The molecular weight excluding hydrogens is 548 g/mol. The summed E-state index contributed by atoms with van der Waals surface area (Å²) in [7, 11) is 3.41. The molecule has 5 rings (SSSR count). The molecule has 4 heterocycles. The Kier molecular flexibility index (Phi) is 8.26. The summed E-state index contributed by atoms with van der Waals surface area (Å²) in [6.07, 6.45) is -2.05. The first-order valence-corrected chi connectivity index (χ1v) is 13.0. The van der Waals surface area contributed by atoms with Crippen molar-refractivity contribution < 1.29 is 31.6 Å². The summed E-state index contributed by atoms with van der Waals surface area (Å²) in [6, 6.07) is 5.95. The molecule has 4 aromatic rings. The van der Waals surface area contributed by atoms with Crippen LogP contribution >= 0.6 is 0 Å². The van der Waals surface area contributed by atoms with E-state index in [9.17, 15) is 22.4 Å². The van der Waals surface area contributed by atoms with Crippen LogP contribution in [-0.4, -0.2) is 87.3 Å². The van der Waals surface area contributed by atoms with Gasteiger partial charge >= 0.3 is 6.18 Å². The second-order valence-corrected chi connectivity index (χ2v) is 9.97. The molecule has 11 nitrogen and oxygen atoms in total. The number of halogens is 4. The smallest absolute Gasteiger partial charge is 0.383 e. The van der Waals surface area contributed by atoms with Gasteiger partial charge in [0.1, 0.15) is 18.4 Å². The van der Waals surface area contributed by atoms with Crippen molar-refractivity contribution in [1.82, 2.24) is 34.5 Å². The van der Waals surface area contributed by atoms with Crippen LogP contribution in [0.15, 0.2) is 41.3 Å². The van der Waals surface area contributed by atoms with Crippen LogP contribution in [-0.2, 0) is 24.4 Å². The summed E-state index contributed by atoms with van der Waals surface area (Å²) in [4.78, 5) is 22.7. The van der Waals surface area contributed by atoms with Gasteiger partial charge in [0, 0.05) is 44.0 Å². The van der Waals surface area contributed by atoms with E-state index in [4.69, 9.17) is 9.26 Å². The first-order chi connectivity index (χ1) is 19.6. The molecule has 0 unspecified atom stereocenters. The number of imidazole rings is 1. The molecule has 0 saturated carbocycles. The van der Waals surface area contributed by atoms with Crippen LogP contribution in [0.4, 0.5) is 23.2 Å². The zero-order valence-corrected chi connectivity index (χ0v) is 22.5. The molecule has 1 fully saturated rings. The van der Waals surface area contributed by atoms with Gasteiger partial charge in [0.05, 0.1) is 36.7 Å². The van der Waals surface area contributed by atoms with E-state index in [0.717, 1.165) is 4.57 Å². The highest BCUT2D eigenvalue weighted by atomic mass is 19.4. The van der Waals surface area contributed by atoms with Gasteiger partial charge in [-0.2, -0.15) is 18.2 Å². The third-order valence-electron chi connectivity index (χ3n) is 6.89. The highest BCUT2D eigenvalue weighted by Crippen LogP contribution is 2.35. The van der Waals surface area contributed by atoms with Gasteiger partial charge in [-0.1, -0.05) is 11.2 Å². The Morgan fingerprint density at radius 2 is 2.12 bits per heavy atom. The summed E-state index contributed by atoms with van der Waals surface area (Å²) in [6.45, 7) is 0.509. The minimum atomic E-state index is -4.53. The van der Waals surface area contributed by atoms with E-state index in [0.29, 0.717) is 37.2 Å². The lowest BCUT2D eigenvalue weighted by Gasteiger charge is -2.33. The largest absolute Gasteiger partial charge is 0.406 e. The number of likely N-dealkylation sites (tertiary alicyclic amines) is 1. The number of carbonyl (C=O) groups is 1. The van der Waals surface area contributed by atoms with Gasteiger partial charge in [0.15, 0.2) is 0 Å². The molecular formula is C26H30F4N8O3. The second kappa shape index (κ2) is 11.9. The van der Waals surface area contributed by atoms with Crippen molar-refractivity contribution in [3.63, 3.8) is 0 Å². The molecule has 0 radical (unpaired) electrons. The fourth-order valence-electron chi connectivity index (χ4n) is 4.84. The number of carbonyl (C=O) groups excluding carboxylic acids is 1. The number of piperidine rings is 1. The zero-order chi connectivity index (χ0) is 29.1. The molecule has 1 aliphatic heterocycles. The molecule has 2 atom stereocenters. The number of amides is 1. The van der Waals surface area contributed by atoms with E-state index in [-0.39, 0.29) is 41.7 Å². The van der Waals surface area contributed by atoms with Crippen LogP contribution in [0.2, 0.25) is 0 Å². The average Bonchev–Trinajstić information content (AvgIpc) is 3.66. The Labute approximate surface area is 232 Å². The van der Waals surface area contributed by atoms with Crippen LogP contribution in [0.25, 0.3) is 22.4 Å². The van der Waals surface area contributed by atoms with Crippen molar-refractivity contribution in [2.45, 2.75) is 44.4 Å². The summed E-state index contributed by atoms with van der Waals surface area (Å²) >= 11 is 0. The second-order valence-electron chi connectivity index (χ2n) is 9.97. The number of benzene rings is 1. The molecule has 41 heavy (non-hydrogen) atoms. The van der Waals surface area contributed by atoms with Crippen molar-refractivity contribution in [2.75, 3.05) is 39.2 Å². The molecule has 15 heteroatoms. The van der Waals surface area contributed by atoms with Gasteiger partial charge in [-0.3, -0.25) is 4.79 Å². The Balaban J connectivity index is 1.37. The number of rotatable bonds is 10. The number of hydrogen-bond donors (Lipinski definition) is 2. The van der Waals surface area contributed by atoms with Crippen molar-refractivity contribution in [3.05, 3.63) is 48.4 Å². The molecule has 1 amide bonds. The topological polar surface area (TPSA) is 115 Å². The fourth-order valence-corrected chi connectivity index (χ4v) is 4.84.